The highest BCUT2D eigenvalue weighted by molar-refractivity contribution is 7.91. The second-order valence-corrected chi connectivity index (χ2v) is 8.01. The van der Waals surface area contributed by atoms with Crippen molar-refractivity contribution < 1.29 is 21.6 Å². The van der Waals surface area contributed by atoms with Gasteiger partial charge in [0.1, 0.15) is 15.6 Å². The fraction of sp³-hybridized carbons (Fsp3) is 0.231. The molecule has 0 aliphatic carbocycles. The summed E-state index contributed by atoms with van der Waals surface area (Å²) >= 11 is 11.9. The van der Waals surface area contributed by atoms with E-state index in [9.17, 15) is 21.6 Å². The molecule has 3 rings (SSSR count). The number of pyridine rings is 1. The highest BCUT2D eigenvalue weighted by Gasteiger charge is 2.34. The number of aromatic nitrogens is 5. The molecule has 0 fully saturated rings. The summed E-state index contributed by atoms with van der Waals surface area (Å²) in [6.45, 7) is 1.43. The van der Waals surface area contributed by atoms with Crippen LogP contribution >= 0.6 is 23.2 Å². The standard InChI is InChI=1S/C13H8Cl2F3N5O2S/c1-2-26(24,25)7-3-4-9(14)19-12(7)23-11(15)10-6(22-23)5-8(20-21-10)13(16,17)18/h3-5H,2H2,1H3. The van der Waals surface area contributed by atoms with Crippen LogP contribution in [0.1, 0.15) is 12.6 Å². The number of hydrogen-bond acceptors (Lipinski definition) is 6. The molecule has 3 aromatic heterocycles. The van der Waals surface area contributed by atoms with Gasteiger partial charge in [0.05, 0.1) is 5.75 Å². The monoisotopic (exact) mass is 425 g/mol. The van der Waals surface area contributed by atoms with Crippen LogP contribution in [0.3, 0.4) is 0 Å². The zero-order chi connectivity index (χ0) is 19.3. The molecule has 0 spiro atoms. The molecule has 0 saturated carbocycles. The van der Waals surface area contributed by atoms with Crippen LogP contribution in [0.15, 0.2) is 23.1 Å². The van der Waals surface area contributed by atoms with Crippen LogP contribution in [0.5, 0.6) is 0 Å². The zero-order valence-electron chi connectivity index (χ0n) is 12.8. The van der Waals surface area contributed by atoms with Crippen molar-refractivity contribution in [3.63, 3.8) is 0 Å². The van der Waals surface area contributed by atoms with Gasteiger partial charge in [-0.1, -0.05) is 30.1 Å². The molecule has 0 bridgehead atoms. The van der Waals surface area contributed by atoms with Crippen molar-refractivity contribution in [2.45, 2.75) is 18.0 Å². The van der Waals surface area contributed by atoms with E-state index in [1.807, 2.05) is 0 Å². The molecule has 26 heavy (non-hydrogen) atoms. The molecule has 3 aromatic rings. The topological polar surface area (TPSA) is 90.6 Å². The lowest BCUT2D eigenvalue weighted by molar-refractivity contribution is -0.141. The van der Waals surface area contributed by atoms with Gasteiger partial charge in [-0.3, -0.25) is 0 Å². The van der Waals surface area contributed by atoms with E-state index in [1.54, 1.807) is 0 Å². The summed E-state index contributed by atoms with van der Waals surface area (Å²) < 4.78 is 63.8. The van der Waals surface area contributed by atoms with Gasteiger partial charge in [-0.05, 0) is 12.1 Å². The molecular formula is C13H8Cl2F3N5O2S. The smallest absolute Gasteiger partial charge is 0.224 e. The molecule has 7 nitrogen and oxygen atoms in total. The van der Waals surface area contributed by atoms with E-state index in [2.05, 4.69) is 20.3 Å². The van der Waals surface area contributed by atoms with Gasteiger partial charge in [0.2, 0.25) is 0 Å². The van der Waals surface area contributed by atoms with E-state index in [4.69, 9.17) is 23.2 Å². The summed E-state index contributed by atoms with van der Waals surface area (Å²) in [6, 6.07) is 3.15. The fourth-order valence-electron chi connectivity index (χ4n) is 2.10. The Balaban J connectivity index is 2.30. The Morgan fingerprint density at radius 2 is 1.88 bits per heavy atom. The minimum absolute atomic E-state index is 0.0484. The van der Waals surface area contributed by atoms with Crippen molar-refractivity contribution in [1.82, 2.24) is 25.0 Å². The summed E-state index contributed by atoms with van der Waals surface area (Å²) in [5.74, 6) is -0.476. The van der Waals surface area contributed by atoms with Crippen LogP contribution in [0, 0.1) is 0 Å². The molecule has 0 unspecified atom stereocenters. The van der Waals surface area contributed by atoms with E-state index in [0.29, 0.717) is 6.07 Å². The molecule has 3 heterocycles. The Bertz CT molecular complexity index is 1110. The summed E-state index contributed by atoms with van der Waals surface area (Å²) in [5.41, 5.74) is -1.62. The molecule has 0 aliphatic rings. The van der Waals surface area contributed by atoms with Gasteiger partial charge < -0.3 is 0 Å². The largest absolute Gasteiger partial charge is 0.435 e. The Labute approximate surface area is 154 Å². The third kappa shape index (κ3) is 3.21. The normalized spacial score (nSPS) is 12.7. The first kappa shape index (κ1) is 18.8. The summed E-state index contributed by atoms with van der Waals surface area (Å²) in [5, 5.41) is 10.1. The second-order valence-electron chi connectivity index (χ2n) is 5.02. The maximum absolute atomic E-state index is 12.8. The molecule has 0 amide bonds. The molecule has 0 radical (unpaired) electrons. The highest BCUT2D eigenvalue weighted by Crippen LogP contribution is 2.32. The lowest BCUT2D eigenvalue weighted by Crippen LogP contribution is -2.11. The van der Waals surface area contributed by atoms with Crippen LogP contribution in [0.25, 0.3) is 16.9 Å². The van der Waals surface area contributed by atoms with E-state index >= 15 is 0 Å². The van der Waals surface area contributed by atoms with Crippen molar-refractivity contribution in [1.29, 1.82) is 0 Å². The van der Waals surface area contributed by atoms with Crippen LogP contribution in [0.2, 0.25) is 10.3 Å². The van der Waals surface area contributed by atoms with Gasteiger partial charge in [-0.2, -0.15) is 23.0 Å². The van der Waals surface area contributed by atoms with Gasteiger partial charge >= 0.3 is 6.18 Å². The van der Waals surface area contributed by atoms with E-state index in [0.717, 1.165) is 4.68 Å². The molecule has 0 atom stereocenters. The van der Waals surface area contributed by atoms with Crippen molar-refractivity contribution >= 4 is 44.1 Å². The Kier molecular flexibility index (Phi) is 4.57. The number of hydrogen-bond donors (Lipinski definition) is 0. The Hall–Kier alpha value is -1.98. The highest BCUT2D eigenvalue weighted by atomic mass is 35.5. The van der Waals surface area contributed by atoms with Crippen LogP contribution in [0.4, 0.5) is 13.2 Å². The summed E-state index contributed by atoms with van der Waals surface area (Å²) in [7, 11) is -3.74. The first-order valence-corrected chi connectivity index (χ1v) is 9.34. The van der Waals surface area contributed by atoms with Gasteiger partial charge in [0.25, 0.3) is 0 Å². The zero-order valence-corrected chi connectivity index (χ0v) is 15.1. The van der Waals surface area contributed by atoms with Gasteiger partial charge in [0.15, 0.2) is 32.0 Å². The maximum Gasteiger partial charge on any atom is 0.435 e. The summed E-state index contributed by atoms with van der Waals surface area (Å²) in [6.07, 6.45) is -4.72. The molecule has 0 saturated heterocycles. The van der Waals surface area contributed by atoms with Crippen molar-refractivity contribution in [3.8, 4) is 5.82 Å². The average Bonchev–Trinajstić information content (AvgIpc) is 2.90. The van der Waals surface area contributed by atoms with Crippen LogP contribution in [-0.4, -0.2) is 39.1 Å². The lowest BCUT2D eigenvalue weighted by Gasteiger charge is -2.09. The number of halogens is 5. The lowest BCUT2D eigenvalue weighted by atomic mass is 10.3. The van der Waals surface area contributed by atoms with Gasteiger partial charge in [-0.25, -0.2) is 13.4 Å². The maximum atomic E-state index is 12.8. The van der Waals surface area contributed by atoms with E-state index in [-0.39, 0.29) is 37.8 Å². The molecule has 138 valence electrons. The quantitative estimate of drug-likeness (QED) is 0.597. The Morgan fingerprint density at radius 1 is 1.19 bits per heavy atom. The predicted octanol–water partition coefficient (Wildman–Crippen LogP) is 3.33. The first-order chi connectivity index (χ1) is 12.0. The van der Waals surface area contributed by atoms with Crippen LogP contribution in [-0.2, 0) is 16.0 Å². The predicted molar refractivity (Wildman–Crippen MR) is 87.2 cm³/mol. The van der Waals surface area contributed by atoms with E-state index < -0.39 is 21.7 Å². The number of sulfone groups is 1. The number of nitrogens with zero attached hydrogens (tertiary/aromatic N) is 5. The summed E-state index contributed by atoms with van der Waals surface area (Å²) in [4.78, 5) is 3.70. The van der Waals surface area contributed by atoms with Gasteiger partial charge in [-0.15, -0.1) is 10.2 Å². The Morgan fingerprint density at radius 3 is 2.50 bits per heavy atom. The number of rotatable bonds is 3. The van der Waals surface area contributed by atoms with Crippen LogP contribution < -0.4 is 0 Å². The fourth-order valence-corrected chi connectivity index (χ4v) is 3.49. The van der Waals surface area contributed by atoms with Crippen molar-refractivity contribution in [2.24, 2.45) is 0 Å². The van der Waals surface area contributed by atoms with Crippen molar-refractivity contribution in [2.75, 3.05) is 5.75 Å². The third-order valence-electron chi connectivity index (χ3n) is 3.37. The number of fused-ring (bicyclic) bond motifs is 1. The molecule has 13 heteroatoms. The minimum atomic E-state index is -4.72. The molecule has 0 aliphatic heterocycles. The second kappa shape index (κ2) is 6.32. The van der Waals surface area contributed by atoms with Crippen molar-refractivity contribution in [3.05, 3.63) is 34.2 Å². The SMILES string of the molecule is CCS(=O)(=O)c1ccc(Cl)nc1-n1nc2cc(C(F)(F)F)nnc2c1Cl. The van der Waals surface area contributed by atoms with Gasteiger partial charge in [0, 0.05) is 6.07 Å². The number of alkyl halides is 3. The molecule has 0 aromatic carbocycles. The minimum Gasteiger partial charge on any atom is -0.224 e. The molecule has 0 N–H and O–H groups in total. The third-order valence-corrected chi connectivity index (χ3v) is 5.67. The molecular weight excluding hydrogens is 418 g/mol. The van der Waals surface area contributed by atoms with E-state index in [1.165, 1.54) is 19.1 Å². The first-order valence-electron chi connectivity index (χ1n) is 6.93. The average molecular weight is 426 g/mol.